The molecule has 1 aromatic rings. The molecule has 0 spiro atoms. The summed E-state index contributed by atoms with van der Waals surface area (Å²) < 4.78 is 5.32. The zero-order valence-electron chi connectivity index (χ0n) is 19.0. The fraction of sp³-hybridized carbons (Fsp3) is 0.750. The highest BCUT2D eigenvalue weighted by atomic mass is 127. The molecule has 168 valence electrons. The molecule has 1 amide bonds. The minimum absolute atomic E-state index is 0. The Bertz CT molecular complexity index is 654. The summed E-state index contributed by atoms with van der Waals surface area (Å²) in [4.78, 5) is 21.3. The maximum Gasteiger partial charge on any atom is 0.408 e. The van der Waals surface area contributed by atoms with Gasteiger partial charge in [-0.3, -0.25) is 4.99 Å². The average molecular weight is 540 g/mol. The number of nitrogens with zero attached hydrogens (tertiary/aromatic N) is 2. The van der Waals surface area contributed by atoms with Crippen molar-refractivity contribution in [3.8, 4) is 0 Å². The van der Waals surface area contributed by atoms with Crippen LogP contribution >= 0.6 is 35.3 Å². The van der Waals surface area contributed by atoms with Crippen molar-refractivity contribution in [3.63, 3.8) is 0 Å². The van der Waals surface area contributed by atoms with E-state index in [1.807, 2.05) is 41.5 Å². The van der Waals surface area contributed by atoms with E-state index in [9.17, 15) is 4.79 Å². The molecule has 1 aromatic heterocycles. The van der Waals surface area contributed by atoms with Crippen molar-refractivity contribution in [2.45, 2.75) is 78.9 Å². The first kappa shape index (κ1) is 27.9. The van der Waals surface area contributed by atoms with Gasteiger partial charge in [-0.15, -0.1) is 35.3 Å². The van der Waals surface area contributed by atoms with E-state index in [1.54, 1.807) is 11.3 Å². The summed E-state index contributed by atoms with van der Waals surface area (Å²) in [5.41, 5.74) is 0.0561. The molecule has 0 aromatic carbocycles. The maximum absolute atomic E-state index is 12.0. The highest BCUT2D eigenvalue weighted by Crippen LogP contribution is 2.19. The van der Waals surface area contributed by atoms with Crippen LogP contribution < -0.4 is 16.0 Å². The van der Waals surface area contributed by atoms with Crippen molar-refractivity contribution in [2.75, 3.05) is 19.6 Å². The summed E-state index contributed by atoms with van der Waals surface area (Å²) in [7, 11) is 0. The molecule has 0 aliphatic rings. The molecule has 9 heteroatoms. The van der Waals surface area contributed by atoms with E-state index in [2.05, 4.69) is 45.2 Å². The number of thiazole rings is 1. The lowest BCUT2D eigenvalue weighted by Crippen LogP contribution is -2.49. The van der Waals surface area contributed by atoms with Gasteiger partial charge >= 0.3 is 6.09 Å². The Kier molecular flexibility index (Phi) is 12.1. The molecule has 0 radical (unpaired) electrons. The van der Waals surface area contributed by atoms with Gasteiger partial charge in [-0.05, 0) is 41.5 Å². The van der Waals surface area contributed by atoms with Gasteiger partial charge in [0, 0.05) is 30.8 Å². The van der Waals surface area contributed by atoms with Crippen molar-refractivity contribution in [2.24, 2.45) is 4.99 Å². The Morgan fingerprint density at radius 1 is 1.24 bits per heavy atom. The fourth-order valence-electron chi connectivity index (χ4n) is 2.25. The molecule has 1 rings (SSSR count). The van der Waals surface area contributed by atoms with Gasteiger partial charge in [0.2, 0.25) is 0 Å². The first-order valence-corrected chi connectivity index (χ1v) is 10.8. The Morgan fingerprint density at radius 3 is 2.41 bits per heavy atom. The van der Waals surface area contributed by atoms with E-state index in [1.165, 1.54) is 5.01 Å². The van der Waals surface area contributed by atoms with Crippen LogP contribution in [0.3, 0.4) is 0 Å². The second kappa shape index (κ2) is 12.6. The number of carbonyl (C=O) groups excluding carboxylic acids is 1. The van der Waals surface area contributed by atoms with Gasteiger partial charge in [-0.2, -0.15) is 0 Å². The van der Waals surface area contributed by atoms with E-state index >= 15 is 0 Å². The minimum Gasteiger partial charge on any atom is -0.444 e. The largest absolute Gasteiger partial charge is 0.444 e. The summed E-state index contributed by atoms with van der Waals surface area (Å²) in [6.45, 7) is 17.7. The van der Waals surface area contributed by atoms with E-state index < -0.39 is 17.2 Å². The number of rotatable bonds is 8. The van der Waals surface area contributed by atoms with E-state index in [0.717, 1.165) is 31.2 Å². The molecule has 0 saturated carbocycles. The van der Waals surface area contributed by atoms with Gasteiger partial charge in [0.15, 0.2) is 5.96 Å². The number of carbonyl (C=O) groups is 1. The molecule has 1 heterocycles. The smallest absolute Gasteiger partial charge is 0.408 e. The molecule has 0 atom stereocenters. The van der Waals surface area contributed by atoms with Gasteiger partial charge in [0.05, 0.1) is 22.8 Å². The molecular formula is C20H38IN5O2S. The second-order valence-electron chi connectivity index (χ2n) is 8.71. The number of alkyl carbamates (subject to hydrolysis) is 1. The van der Waals surface area contributed by atoms with Crippen LogP contribution in [0.5, 0.6) is 0 Å². The van der Waals surface area contributed by atoms with Crippen molar-refractivity contribution in [1.29, 1.82) is 0 Å². The van der Waals surface area contributed by atoms with Gasteiger partial charge in [0.1, 0.15) is 5.60 Å². The summed E-state index contributed by atoms with van der Waals surface area (Å²) in [5, 5.41) is 12.7. The van der Waals surface area contributed by atoms with Crippen LogP contribution in [0.15, 0.2) is 10.4 Å². The Morgan fingerprint density at radius 2 is 1.90 bits per heavy atom. The van der Waals surface area contributed by atoms with Crippen molar-refractivity contribution >= 4 is 47.4 Å². The minimum atomic E-state index is -0.523. The summed E-state index contributed by atoms with van der Waals surface area (Å²) in [6, 6.07) is 0. The van der Waals surface area contributed by atoms with Gasteiger partial charge in [-0.25, -0.2) is 9.78 Å². The summed E-state index contributed by atoms with van der Waals surface area (Å²) in [5.74, 6) is 1.19. The lowest BCUT2D eigenvalue weighted by Gasteiger charge is -2.27. The maximum atomic E-state index is 12.0. The SMILES string of the molecule is CCNC(=NCC(C)(C)NC(=O)OC(C)(C)C)NCCc1csc(C(C)C)n1.I. The molecule has 0 fully saturated rings. The molecular weight excluding hydrogens is 501 g/mol. The average Bonchev–Trinajstić information content (AvgIpc) is 2.99. The lowest BCUT2D eigenvalue weighted by molar-refractivity contribution is 0.0476. The Balaban J connectivity index is 0.00000784. The Hall–Kier alpha value is -1.10. The number of ether oxygens (including phenoxy) is 1. The van der Waals surface area contributed by atoms with Crippen LogP contribution in [-0.4, -0.2) is 47.8 Å². The molecule has 0 saturated heterocycles. The zero-order valence-corrected chi connectivity index (χ0v) is 22.2. The highest BCUT2D eigenvalue weighted by molar-refractivity contribution is 14.0. The predicted molar refractivity (Wildman–Crippen MR) is 133 cm³/mol. The van der Waals surface area contributed by atoms with E-state index in [-0.39, 0.29) is 24.0 Å². The fourth-order valence-corrected chi connectivity index (χ4v) is 3.12. The van der Waals surface area contributed by atoms with Crippen LogP contribution in [-0.2, 0) is 11.2 Å². The monoisotopic (exact) mass is 539 g/mol. The summed E-state index contributed by atoms with van der Waals surface area (Å²) >= 11 is 1.71. The van der Waals surface area contributed by atoms with Gasteiger partial charge in [0.25, 0.3) is 0 Å². The van der Waals surface area contributed by atoms with Gasteiger partial charge in [-0.1, -0.05) is 13.8 Å². The Labute approximate surface area is 196 Å². The number of guanidine groups is 1. The van der Waals surface area contributed by atoms with E-state index in [4.69, 9.17) is 4.74 Å². The molecule has 29 heavy (non-hydrogen) atoms. The lowest BCUT2D eigenvalue weighted by atomic mass is 10.1. The number of hydrogen-bond acceptors (Lipinski definition) is 5. The van der Waals surface area contributed by atoms with Crippen LogP contribution in [0.2, 0.25) is 0 Å². The standard InChI is InChI=1S/C20H37N5O2S.HI/c1-9-21-17(22-11-10-15-12-28-16(24-15)14(2)3)23-13-20(7,8)25-18(26)27-19(4,5)6;/h12,14H,9-11,13H2,1-8H3,(H,25,26)(H2,21,22,23);1H. The number of halogens is 1. The van der Waals surface area contributed by atoms with Crippen molar-refractivity contribution < 1.29 is 9.53 Å². The molecule has 0 bridgehead atoms. The number of aliphatic imine (C=N–C) groups is 1. The van der Waals surface area contributed by atoms with Crippen LogP contribution in [0.1, 0.15) is 72.0 Å². The third-order valence-electron chi connectivity index (χ3n) is 3.55. The van der Waals surface area contributed by atoms with Crippen molar-refractivity contribution in [1.82, 2.24) is 20.9 Å². The number of hydrogen-bond donors (Lipinski definition) is 3. The quantitative estimate of drug-likeness (QED) is 0.261. The second-order valence-corrected chi connectivity index (χ2v) is 9.60. The molecule has 0 aliphatic heterocycles. The third kappa shape index (κ3) is 12.2. The summed E-state index contributed by atoms with van der Waals surface area (Å²) in [6.07, 6.45) is 0.405. The first-order chi connectivity index (χ1) is 12.9. The van der Waals surface area contributed by atoms with Crippen LogP contribution in [0.4, 0.5) is 4.79 Å². The predicted octanol–water partition coefficient (Wildman–Crippen LogP) is 4.29. The molecule has 7 nitrogen and oxygen atoms in total. The normalized spacial score (nSPS) is 12.4. The molecule has 0 unspecified atom stereocenters. The molecule has 0 aliphatic carbocycles. The topological polar surface area (TPSA) is 87.6 Å². The first-order valence-electron chi connectivity index (χ1n) is 9.89. The number of aromatic nitrogens is 1. The highest BCUT2D eigenvalue weighted by Gasteiger charge is 2.24. The number of amides is 1. The van der Waals surface area contributed by atoms with Crippen molar-refractivity contribution in [3.05, 3.63) is 16.1 Å². The third-order valence-corrected chi connectivity index (χ3v) is 4.75. The van der Waals surface area contributed by atoms with Crippen LogP contribution in [0.25, 0.3) is 0 Å². The number of nitrogens with one attached hydrogen (secondary N) is 3. The van der Waals surface area contributed by atoms with Gasteiger partial charge < -0.3 is 20.7 Å². The van der Waals surface area contributed by atoms with Crippen LogP contribution in [0, 0.1) is 0 Å². The molecule has 3 N–H and O–H groups in total. The zero-order chi connectivity index (χ0) is 21.4. The van der Waals surface area contributed by atoms with E-state index in [0.29, 0.717) is 12.5 Å².